The molecule has 76 valence electrons. The highest BCUT2D eigenvalue weighted by Crippen LogP contribution is 2.31. The van der Waals surface area contributed by atoms with E-state index in [1.54, 1.807) is 24.5 Å². The van der Waals surface area contributed by atoms with Crippen LogP contribution in [-0.4, -0.2) is 15.1 Å². The standard InChI is InChI=1S/C9H6BrN3O2/c10-7-1-2-8(6-4-11-12-5-6)9(3-7)13(14)15/h1-5H,(H,11,12). The van der Waals surface area contributed by atoms with E-state index in [2.05, 4.69) is 26.1 Å². The molecule has 6 heteroatoms. The first-order valence-corrected chi connectivity index (χ1v) is 4.91. The van der Waals surface area contributed by atoms with Crippen molar-refractivity contribution in [3.8, 4) is 11.1 Å². The normalized spacial score (nSPS) is 10.2. The van der Waals surface area contributed by atoms with Crippen LogP contribution in [0.15, 0.2) is 35.1 Å². The molecule has 0 amide bonds. The molecule has 0 atom stereocenters. The van der Waals surface area contributed by atoms with E-state index in [-0.39, 0.29) is 5.69 Å². The molecule has 2 rings (SSSR count). The fourth-order valence-corrected chi connectivity index (χ4v) is 1.65. The maximum atomic E-state index is 10.8. The van der Waals surface area contributed by atoms with Gasteiger partial charge in [0.25, 0.3) is 5.69 Å². The number of nitro benzene ring substituents is 1. The summed E-state index contributed by atoms with van der Waals surface area (Å²) in [6, 6.07) is 4.92. The van der Waals surface area contributed by atoms with Crippen molar-refractivity contribution < 1.29 is 4.92 Å². The summed E-state index contributed by atoms with van der Waals surface area (Å²) in [6.45, 7) is 0. The Labute approximate surface area is 93.4 Å². The van der Waals surface area contributed by atoms with Crippen LogP contribution in [0.5, 0.6) is 0 Å². The molecule has 0 fully saturated rings. The zero-order chi connectivity index (χ0) is 10.8. The molecule has 1 heterocycles. The number of rotatable bonds is 2. The quantitative estimate of drug-likeness (QED) is 0.672. The van der Waals surface area contributed by atoms with E-state index in [4.69, 9.17) is 0 Å². The van der Waals surface area contributed by atoms with Gasteiger partial charge in [-0.1, -0.05) is 15.9 Å². The van der Waals surface area contributed by atoms with Gasteiger partial charge in [0.15, 0.2) is 0 Å². The number of hydrogen-bond donors (Lipinski definition) is 1. The van der Waals surface area contributed by atoms with Gasteiger partial charge in [-0.25, -0.2) is 0 Å². The zero-order valence-corrected chi connectivity index (χ0v) is 9.06. The monoisotopic (exact) mass is 267 g/mol. The van der Waals surface area contributed by atoms with Crippen molar-refractivity contribution in [3.05, 3.63) is 45.2 Å². The summed E-state index contributed by atoms with van der Waals surface area (Å²) in [4.78, 5) is 10.4. The minimum atomic E-state index is -0.410. The summed E-state index contributed by atoms with van der Waals surface area (Å²) >= 11 is 3.20. The molecular weight excluding hydrogens is 262 g/mol. The van der Waals surface area contributed by atoms with E-state index in [1.807, 2.05) is 0 Å². The lowest BCUT2D eigenvalue weighted by Gasteiger charge is -2.00. The molecular formula is C9H6BrN3O2. The lowest BCUT2D eigenvalue weighted by molar-refractivity contribution is -0.384. The molecule has 0 aliphatic rings. The van der Waals surface area contributed by atoms with Crippen molar-refractivity contribution in [2.45, 2.75) is 0 Å². The number of halogens is 1. The minimum absolute atomic E-state index is 0.0609. The van der Waals surface area contributed by atoms with E-state index in [9.17, 15) is 10.1 Å². The van der Waals surface area contributed by atoms with E-state index in [1.165, 1.54) is 6.07 Å². The van der Waals surface area contributed by atoms with Gasteiger partial charge in [0, 0.05) is 22.3 Å². The third-order valence-corrected chi connectivity index (χ3v) is 2.46. The summed E-state index contributed by atoms with van der Waals surface area (Å²) < 4.78 is 0.682. The van der Waals surface area contributed by atoms with Crippen LogP contribution in [-0.2, 0) is 0 Å². The molecule has 0 radical (unpaired) electrons. The van der Waals surface area contributed by atoms with Crippen LogP contribution in [0.2, 0.25) is 0 Å². The summed E-state index contributed by atoms with van der Waals surface area (Å²) in [5, 5.41) is 17.2. The van der Waals surface area contributed by atoms with Crippen LogP contribution in [0.25, 0.3) is 11.1 Å². The largest absolute Gasteiger partial charge is 0.285 e. The Morgan fingerprint density at radius 2 is 2.27 bits per heavy atom. The third-order valence-electron chi connectivity index (χ3n) is 1.97. The van der Waals surface area contributed by atoms with Gasteiger partial charge in [-0.05, 0) is 12.1 Å². The van der Waals surface area contributed by atoms with Crippen LogP contribution in [0, 0.1) is 10.1 Å². The van der Waals surface area contributed by atoms with Crippen molar-refractivity contribution in [2.24, 2.45) is 0 Å². The van der Waals surface area contributed by atoms with Gasteiger partial charge in [-0.15, -0.1) is 0 Å². The Hall–Kier alpha value is -1.69. The van der Waals surface area contributed by atoms with Gasteiger partial charge >= 0.3 is 0 Å². The van der Waals surface area contributed by atoms with Gasteiger partial charge in [0.1, 0.15) is 0 Å². The van der Waals surface area contributed by atoms with E-state index in [0.717, 1.165) is 0 Å². The number of nitrogens with zero attached hydrogens (tertiary/aromatic N) is 2. The van der Waals surface area contributed by atoms with Crippen molar-refractivity contribution in [1.82, 2.24) is 10.2 Å². The predicted octanol–water partition coefficient (Wildman–Crippen LogP) is 2.75. The van der Waals surface area contributed by atoms with Crippen LogP contribution in [0.4, 0.5) is 5.69 Å². The smallest absolute Gasteiger partial charge is 0.278 e. The second-order valence-corrected chi connectivity index (χ2v) is 3.82. The molecule has 1 N–H and O–H groups in total. The number of aromatic amines is 1. The fraction of sp³-hybridized carbons (Fsp3) is 0. The van der Waals surface area contributed by atoms with E-state index >= 15 is 0 Å². The van der Waals surface area contributed by atoms with E-state index < -0.39 is 4.92 Å². The van der Waals surface area contributed by atoms with Crippen molar-refractivity contribution in [2.75, 3.05) is 0 Å². The average Bonchev–Trinajstić information content (AvgIpc) is 2.70. The van der Waals surface area contributed by atoms with Crippen molar-refractivity contribution in [3.63, 3.8) is 0 Å². The average molecular weight is 268 g/mol. The first-order valence-electron chi connectivity index (χ1n) is 4.11. The molecule has 0 aliphatic carbocycles. The number of benzene rings is 1. The lowest BCUT2D eigenvalue weighted by Crippen LogP contribution is -1.91. The first kappa shape index (κ1) is 9.85. The first-order chi connectivity index (χ1) is 7.18. The maximum absolute atomic E-state index is 10.8. The Morgan fingerprint density at radius 1 is 1.47 bits per heavy atom. The summed E-state index contributed by atoms with van der Waals surface area (Å²) in [7, 11) is 0. The molecule has 1 aromatic heterocycles. The van der Waals surface area contributed by atoms with E-state index in [0.29, 0.717) is 15.6 Å². The molecule has 15 heavy (non-hydrogen) atoms. The predicted molar refractivity (Wildman–Crippen MR) is 58.4 cm³/mol. The Balaban J connectivity index is 2.61. The summed E-state index contributed by atoms with van der Waals surface area (Å²) in [5.41, 5.74) is 1.32. The lowest BCUT2D eigenvalue weighted by atomic mass is 10.1. The molecule has 1 aromatic carbocycles. The maximum Gasteiger partial charge on any atom is 0.278 e. The van der Waals surface area contributed by atoms with Crippen LogP contribution in [0.3, 0.4) is 0 Å². The van der Waals surface area contributed by atoms with Crippen molar-refractivity contribution >= 4 is 21.6 Å². The second kappa shape index (κ2) is 3.82. The number of nitro groups is 1. The summed E-state index contributed by atoms with van der Waals surface area (Å²) in [6.07, 6.45) is 3.17. The molecule has 5 nitrogen and oxygen atoms in total. The SMILES string of the molecule is O=[N+]([O-])c1cc(Br)ccc1-c1cn[nH]c1. The zero-order valence-electron chi connectivity index (χ0n) is 7.48. The topological polar surface area (TPSA) is 71.8 Å². The molecule has 0 saturated heterocycles. The molecule has 0 aliphatic heterocycles. The van der Waals surface area contributed by atoms with Crippen LogP contribution < -0.4 is 0 Å². The molecule has 0 saturated carbocycles. The molecule has 0 unspecified atom stereocenters. The van der Waals surface area contributed by atoms with Gasteiger partial charge in [-0.2, -0.15) is 5.10 Å². The number of H-pyrrole nitrogens is 1. The third kappa shape index (κ3) is 1.89. The Morgan fingerprint density at radius 3 is 2.87 bits per heavy atom. The molecule has 0 spiro atoms. The second-order valence-electron chi connectivity index (χ2n) is 2.91. The van der Waals surface area contributed by atoms with Gasteiger partial charge in [0.05, 0.1) is 16.7 Å². The Bertz CT molecular complexity index is 496. The van der Waals surface area contributed by atoms with Gasteiger partial charge in [-0.3, -0.25) is 15.2 Å². The van der Waals surface area contributed by atoms with Gasteiger partial charge < -0.3 is 0 Å². The highest BCUT2D eigenvalue weighted by atomic mass is 79.9. The summed E-state index contributed by atoms with van der Waals surface area (Å²) in [5.74, 6) is 0. The van der Waals surface area contributed by atoms with Crippen LogP contribution in [0.1, 0.15) is 0 Å². The van der Waals surface area contributed by atoms with Crippen molar-refractivity contribution in [1.29, 1.82) is 0 Å². The molecule has 2 aromatic rings. The number of aromatic nitrogens is 2. The highest BCUT2D eigenvalue weighted by molar-refractivity contribution is 9.10. The number of nitrogens with one attached hydrogen (secondary N) is 1. The number of hydrogen-bond acceptors (Lipinski definition) is 3. The molecule has 0 bridgehead atoms. The Kier molecular flexibility index (Phi) is 2.51. The van der Waals surface area contributed by atoms with Gasteiger partial charge in [0.2, 0.25) is 0 Å². The highest BCUT2D eigenvalue weighted by Gasteiger charge is 2.15. The minimum Gasteiger partial charge on any atom is -0.285 e. The van der Waals surface area contributed by atoms with Crippen LogP contribution >= 0.6 is 15.9 Å². The fourth-order valence-electron chi connectivity index (χ4n) is 1.30.